The molecule has 4 nitrogen and oxygen atoms in total. The zero-order chi connectivity index (χ0) is 13.2. The van der Waals surface area contributed by atoms with E-state index in [-0.39, 0.29) is 0 Å². The van der Waals surface area contributed by atoms with Crippen LogP contribution in [0.2, 0.25) is 0 Å². The number of methoxy groups -OCH3 is 1. The molecule has 1 rings (SSSR count). The van der Waals surface area contributed by atoms with Crippen molar-refractivity contribution >= 4 is 0 Å². The fraction of sp³-hybridized carbons (Fsp3) is 1.00. The third kappa shape index (κ3) is 5.65. The summed E-state index contributed by atoms with van der Waals surface area (Å²) in [6, 6.07) is 0.689. The zero-order valence-corrected chi connectivity index (χ0v) is 12.2. The van der Waals surface area contributed by atoms with E-state index in [4.69, 9.17) is 10.5 Å². The summed E-state index contributed by atoms with van der Waals surface area (Å²) in [4.78, 5) is 5.22. The third-order valence-electron chi connectivity index (χ3n) is 3.93. The summed E-state index contributed by atoms with van der Waals surface area (Å²) < 4.78 is 5.12. The summed E-state index contributed by atoms with van der Waals surface area (Å²) in [7, 11) is 1.78. The quantitative estimate of drug-likeness (QED) is 0.663. The maximum atomic E-state index is 5.71. The van der Waals surface area contributed by atoms with Gasteiger partial charge in [0.05, 0.1) is 0 Å². The molecule has 0 aromatic heterocycles. The van der Waals surface area contributed by atoms with Crippen LogP contribution in [0.15, 0.2) is 0 Å². The van der Waals surface area contributed by atoms with Crippen LogP contribution in [0.5, 0.6) is 0 Å². The van der Waals surface area contributed by atoms with Gasteiger partial charge in [0.25, 0.3) is 0 Å². The normalized spacial score (nSPS) is 20.8. The van der Waals surface area contributed by atoms with E-state index in [1.54, 1.807) is 7.11 Å². The van der Waals surface area contributed by atoms with E-state index in [0.29, 0.717) is 6.04 Å². The molecule has 0 radical (unpaired) electrons. The molecule has 0 aromatic carbocycles. The van der Waals surface area contributed by atoms with Crippen molar-refractivity contribution < 1.29 is 4.74 Å². The summed E-state index contributed by atoms with van der Waals surface area (Å²) >= 11 is 0. The standard InChI is InChI=1S/C14H31N3O/c1-3-14(6-7-15)17-10-4-8-16(11-12-17)9-5-13-18-2/h14H,3-13,15H2,1-2H3. The van der Waals surface area contributed by atoms with Crippen LogP contribution in [0.3, 0.4) is 0 Å². The fourth-order valence-corrected chi connectivity index (χ4v) is 2.85. The van der Waals surface area contributed by atoms with E-state index in [1.165, 1.54) is 45.6 Å². The second-order valence-corrected chi connectivity index (χ2v) is 5.22. The van der Waals surface area contributed by atoms with Gasteiger partial charge in [-0.2, -0.15) is 0 Å². The first-order valence-corrected chi connectivity index (χ1v) is 7.47. The maximum Gasteiger partial charge on any atom is 0.0474 e. The largest absolute Gasteiger partial charge is 0.385 e. The van der Waals surface area contributed by atoms with Crippen LogP contribution >= 0.6 is 0 Å². The Balaban J connectivity index is 2.30. The molecule has 0 aliphatic carbocycles. The average Bonchev–Trinajstić information content (AvgIpc) is 2.62. The number of ether oxygens (including phenoxy) is 1. The van der Waals surface area contributed by atoms with Gasteiger partial charge in [-0.1, -0.05) is 6.92 Å². The Morgan fingerprint density at radius 1 is 1.22 bits per heavy atom. The molecule has 1 fully saturated rings. The van der Waals surface area contributed by atoms with Crippen molar-refractivity contribution in [3.8, 4) is 0 Å². The summed E-state index contributed by atoms with van der Waals surface area (Å²) in [5.41, 5.74) is 5.71. The van der Waals surface area contributed by atoms with E-state index < -0.39 is 0 Å². The second-order valence-electron chi connectivity index (χ2n) is 5.22. The van der Waals surface area contributed by atoms with Crippen LogP contribution in [0.4, 0.5) is 0 Å². The highest BCUT2D eigenvalue weighted by Crippen LogP contribution is 2.12. The van der Waals surface area contributed by atoms with Crippen molar-refractivity contribution in [3.05, 3.63) is 0 Å². The van der Waals surface area contributed by atoms with Crippen molar-refractivity contribution in [2.45, 2.75) is 38.6 Å². The van der Waals surface area contributed by atoms with Gasteiger partial charge in [-0.3, -0.25) is 4.90 Å². The number of nitrogens with zero attached hydrogens (tertiary/aromatic N) is 2. The van der Waals surface area contributed by atoms with E-state index >= 15 is 0 Å². The predicted octanol–water partition coefficient (Wildman–Crippen LogP) is 1.16. The highest BCUT2D eigenvalue weighted by Gasteiger charge is 2.19. The van der Waals surface area contributed by atoms with E-state index in [2.05, 4.69) is 16.7 Å². The molecule has 18 heavy (non-hydrogen) atoms. The zero-order valence-electron chi connectivity index (χ0n) is 12.2. The molecular weight excluding hydrogens is 226 g/mol. The molecule has 1 aliphatic rings. The minimum Gasteiger partial charge on any atom is -0.385 e. The highest BCUT2D eigenvalue weighted by atomic mass is 16.5. The van der Waals surface area contributed by atoms with Crippen LogP contribution in [0, 0.1) is 0 Å². The Bertz CT molecular complexity index is 201. The van der Waals surface area contributed by atoms with Crippen LogP contribution in [-0.4, -0.2) is 68.8 Å². The summed E-state index contributed by atoms with van der Waals surface area (Å²) in [6.07, 6.45) is 4.80. The summed E-state index contributed by atoms with van der Waals surface area (Å²) in [5.74, 6) is 0. The molecule has 0 bridgehead atoms. The summed E-state index contributed by atoms with van der Waals surface area (Å²) in [6.45, 7) is 10.0. The molecule has 1 unspecified atom stereocenters. The first-order chi connectivity index (χ1) is 8.81. The van der Waals surface area contributed by atoms with Crippen molar-refractivity contribution in [2.75, 3.05) is 53.0 Å². The minimum atomic E-state index is 0.689. The van der Waals surface area contributed by atoms with Gasteiger partial charge in [0.2, 0.25) is 0 Å². The van der Waals surface area contributed by atoms with Gasteiger partial charge in [0, 0.05) is 39.4 Å². The maximum absolute atomic E-state index is 5.71. The Kier molecular flexibility index (Phi) is 8.59. The molecule has 108 valence electrons. The third-order valence-corrected chi connectivity index (χ3v) is 3.93. The topological polar surface area (TPSA) is 41.7 Å². The second kappa shape index (κ2) is 9.73. The molecule has 2 N–H and O–H groups in total. The molecule has 1 atom stereocenters. The smallest absolute Gasteiger partial charge is 0.0474 e. The van der Waals surface area contributed by atoms with Gasteiger partial charge in [0.1, 0.15) is 0 Å². The van der Waals surface area contributed by atoms with E-state index in [9.17, 15) is 0 Å². The Labute approximate surface area is 112 Å². The number of hydrogen-bond donors (Lipinski definition) is 1. The van der Waals surface area contributed by atoms with Crippen molar-refractivity contribution in [1.29, 1.82) is 0 Å². The SMILES string of the molecule is CCC(CCN)N1CCCN(CCCOC)CC1. The predicted molar refractivity (Wildman–Crippen MR) is 76.9 cm³/mol. The molecule has 0 aromatic rings. The first kappa shape index (κ1) is 15.9. The number of nitrogens with two attached hydrogens (primary N) is 1. The van der Waals surface area contributed by atoms with Crippen molar-refractivity contribution in [2.24, 2.45) is 5.73 Å². The molecule has 1 aliphatic heterocycles. The molecule has 4 heteroatoms. The molecule has 1 saturated heterocycles. The van der Waals surface area contributed by atoms with Gasteiger partial charge in [-0.15, -0.1) is 0 Å². The van der Waals surface area contributed by atoms with Gasteiger partial charge in [-0.25, -0.2) is 0 Å². The van der Waals surface area contributed by atoms with Crippen molar-refractivity contribution in [3.63, 3.8) is 0 Å². The Morgan fingerprint density at radius 2 is 2.06 bits per heavy atom. The first-order valence-electron chi connectivity index (χ1n) is 7.47. The fourth-order valence-electron chi connectivity index (χ4n) is 2.85. The van der Waals surface area contributed by atoms with Crippen LogP contribution in [0.1, 0.15) is 32.6 Å². The van der Waals surface area contributed by atoms with Crippen LogP contribution in [-0.2, 0) is 4.74 Å². The number of rotatable bonds is 8. The lowest BCUT2D eigenvalue weighted by atomic mass is 10.1. The lowest BCUT2D eigenvalue weighted by Crippen LogP contribution is -2.39. The minimum absolute atomic E-state index is 0.689. The van der Waals surface area contributed by atoms with Gasteiger partial charge in [0.15, 0.2) is 0 Å². The van der Waals surface area contributed by atoms with Gasteiger partial charge < -0.3 is 15.4 Å². The van der Waals surface area contributed by atoms with Gasteiger partial charge >= 0.3 is 0 Å². The molecule has 0 saturated carbocycles. The Hall–Kier alpha value is -0.160. The van der Waals surface area contributed by atoms with Crippen molar-refractivity contribution in [1.82, 2.24) is 9.80 Å². The lowest BCUT2D eigenvalue weighted by molar-refractivity contribution is 0.165. The highest BCUT2D eigenvalue weighted by molar-refractivity contribution is 4.76. The Morgan fingerprint density at radius 3 is 2.72 bits per heavy atom. The molecule has 0 amide bonds. The van der Waals surface area contributed by atoms with Crippen LogP contribution in [0.25, 0.3) is 0 Å². The molecular formula is C14H31N3O. The number of hydrogen-bond acceptors (Lipinski definition) is 4. The lowest BCUT2D eigenvalue weighted by Gasteiger charge is -2.29. The van der Waals surface area contributed by atoms with Crippen LogP contribution < -0.4 is 5.73 Å². The molecule has 1 heterocycles. The van der Waals surface area contributed by atoms with E-state index in [0.717, 1.165) is 26.0 Å². The monoisotopic (exact) mass is 257 g/mol. The summed E-state index contributed by atoms with van der Waals surface area (Å²) in [5, 5.41) is 0. The molecule has 0 spiro atoms. The van der Waals surface area contributed by atoms with Gasteiger partial charge in [-0.05, 0) is 45.3 Å². The van der Waals surface area contributed by atoms with E-state index in [1.807, 2.05) is 0 Å². The average molecular weight is 257 g/mol.